The number of rotatable bonds is 4. The first kappa shape index (κ1) is 15.3. The highest BCUT2D eigenvalue weighted by atomic mass is 35.5. The Bertz CT molecular complexity index is 796. The summed E-state index contributed by atoms with van der Waals surface area (Å²) in [5.74, 6) is 0. The number of nitrogens with two attached hydrogens (primary N) is 1. The maximum Gasteiger partial charge on any atom is 0.238 e. The summed E-state index contributed by atoms with van der Waals surface area (Å²) in [5, 5.41) is 17.7. The summed E-state index contributed by atoms with van der Waals surface area (Å²) < 4.78 is 22.3. The van der Waals surface area contributed by atoms with Crippen LogP contribution in [0.2, 0.25) is 5.02 Å². The lowest BCUT2D eigenvalue weighted by atomic mass is 10.1. The summed E-state index contributed by atoms with van der Waals surface area (Å²) in [7, 11) is -3.68. The molecule has 0 atom stereocenters. The molecule has 0 spiro atoms. The van der Waals surface area contributed by atoms with Gasteiger partial charge in [0.15, 0.2) is 0 Å². The van der Waals surface area contributed by atoms with E-state index in [9.17, 15) is 8.42 Å². The number of sulfonamides is 1. The maximum atomic E-state index is 11.2. The first-order valence-corrected chi connectivity index (χ1v) is 7.88. The van der Waals surface area contributed by atoms with E-state index in [0.717, 1.165) is 5.56 Å². The van der Waals surface area contributed by atoms with Gasteiger partial charge in [0.05, 0.1) is 16.1 Å². The van der Waals surface area contributed by atoms with Crippen molar-refractivity contribution in [2.24, 2.45) is 5.14 Å². The molecule has 0 radical (unpaired) electrons. The predicted octanol–water partition coefficient (Wildman–Crippen LogP) is 2.47. The molecule has 2 rings (SSSR count). The molecule has 3 N–H and O–H groups in total. The van der Waals surface area contributed by atoms with Gasteiger partial charge in [-0.3, -0.25) is 0 Å². The summed E-state index contributed by atoms with van der Waals surface area (Å²) in [5.41, 5.74) is 1.97. The lowest BCUT2D eigenvalue weighted by Crippen LogP contribution is -2.12. The summed E-state index contributed by atoms with van der Waals surface area (Å²) in [6.45, 7) is 0.430. The fraction of sp³-hybridized carbons (Fsp3) is 0.0714. The van der Waals surface area contributed by atoms with Crippen molar-refractivity contribution in [3.05, 3.63) is 58.6 Å². The van der Waals surface area contributed by atoms with Crippen LogP contribution in [0.15, 0.2) is 47.4 Å². The van der Waals surface area contributed by atoms with Crippen molar-refractivity contribution in [2.75, 3.05) is 5.32 Å². The van der Waals surface area contributed by atoms with E-state index in [-0.39, 0.29) is 4.90 Å². The third-order valence-electron chi connectivity index (χ3n) is 2.84. The zero-order valence-electron chi connectivity index (χ0n) is 10.9. The highest BCUT2D eigenvalue weighted by molar-refractivity contribution is 7.89. The fourth-order valence-corrected chi connectivity index (χ4v) is 2.44. The van der Waals surface area contributed by atoms with Crippen LogP contribution >= 0.6 is 11.6 Å². The molecule has 0 aliphatic carbocycles. The van der Waals surface area contributed by atoms with Crippen LogP contribution in [0.3, 0.4) is 0 Å². The van der Waals surface area contributed by atoms with Crippen LogP contribution in [0, 0.1) is 11.3 Å². The first-order valence-electron chi connectivity index (χ1n) is 5.95. The van der Waals surface area contributed by atoms with E-state index >= 15 is 0 Å². The number of nitrogens with one attached hydrogen (secondary N) is 1. The molecule has 2 aromatic carbocycles. The monoisotopic (exact) mass is 321 g/mol. The molecule has 0 saturated heterocycles. The van der Waals surface area contributed by atoms with Gasteiger partial charge in [-0.15, -0.1) is 0 Å². The summed E-state index contributed by atoms with van der Waals surface area (Å²) >= 11 is 5.90. The molecule has 0 heterocycles. The number of hydrogen-bond acceptors (Lipinski definition) is 4. The van der Waals surface area contributed by atoms with Gasteiger partial charge in [-0.05, 0) is 35.9 Å². The molecule has 0 amide bonds. The van der Waals surface area contributed by atoms with Crippen molar-refractivity contribution >= 4 is 27.3 Å². The van der Waals surface area contributed by atoms with Gasteiger partial charge in [0, 0.05) is 11.6 Å². The highest BCUT2D eigenvalue weighted by Crippen LogP contribution is 2.21. The number of hydrogen-bond donors (Lipinski definition) is 2. The van der Waals surface area contributed by atoms with Gasteiger partial charge in [0.25, 0.3) is 0 Å². The molecule has 21 heavy (non-hydrogen) atoms. The van der Waals surface area contributed by atoms with Gasteiger partial charge < -0.3 is 5.32 Å². The minimum Gasteiger partial charge on any atom is -0.380 e. The summed E-state index contributed by atoms with van der Waals surface area (Å²) in [6.07, 6.45) is 0. The molecule has 108 valence electrons. The van der Waals surface area contributed by atoms with Crippen molar-refractivity contribution < 1.29 is 8.42 Å². The summed E-state index contributed by atoms with van der Waals surface area (Å²) in [4.78, 5) is 0.0618. The SMILES string of the molecule is N#Cc1ccc(Cl)cc1NCc1ccc(S(N)(=O)=O)cc1. The largest absolute Gasteiger partial charge is 0.380 e. The molecule has 0 aliphatic rings. The minimum atomic E-state index is -3.68. The molecule has 0 aliphatic heterocycles. The van der Waals surface area contributed by atoms with Gasteiger partial charge in [0.2, 0.25) is 10.0 Å². The topological polar surface area (TPSA) is 96.0 Å². The number of anilines is 1. The Labute approximate surface area is 128 Å². The minimum absolute atomic E-state index is 0.0618. The zero-order chi connectivity index (χ0) is 15.5. The van der Waals surface area contributed by atoms with Gasteiger partial charge in [-0.1, -0.05) is 23.7 Å². The Kier molecular flexibility index (Phi) is 4.48. The average molecular weight is 322 g/mol. The van der Waals surface area contributed by atoms with E-state index in [4.69, 9.17) is 22.0 Å². The second-order valence-electron chi connectivity index (χ2n) is 4.34. The summed E-state index contributed by atoms with van der Waals surface area (Å²) in [6, 6.07) is 13.2. The van der Waals surface area contributed by atoms with E-state index in [2.05, 4.69) is 11.4 Å². The third kappa shape index (κ3) is 3.95. The number of halogens is 1. The van der Waals surface area contributed by atoms with Crippen LogP contribution in [-0.2, 0) is 16.6 Å². The second kappa shape index (κ2) is 6.14. The molecule has 7 heteroatoms. The van der Waals surface area contributed by atoms with Crippen molar-refractivity contribution in [1.29, 1.82) is 5.26 Å². The Morgan fingerprint density at radius 3 is 2.43 bits per heavy atom. The number of benzene rings is 2. The standard InChI is InChI=1S/C14H12ClN3O2S/c15-12-4-3-11(8-16)14(7-12)18-9-10-1-5-13(6-2-10)21(17,19)20/h1-7,18H,9H2,(H2,17,19,20). The van der Waals surface area contributed by atoms with Crippen LogP contribution in [0.4, 0.5) is 5.69 Å². The fourth-order valence-electron chi connectivity index (χ4n) is 1.75. The average Bonchev–Trinajstić information content (AvgIpc) is 2.45. The molecule has 2 aromatic rings. The molecule has 0 unspecified atom stereocenters. The van der Waals surface area contributed by atoms with Gasteiger partial charge >= 0.3 is 0 Å². The van der Waals surface area contributed by atoms with Crippen LogP contribution in [-0.4, -0.2) is 8.42 Å². The van der Waals surface area contributed by atoms with E-state index in [1.165, 1.54) is 12.1 Å². The van der Waals surface area contributed by atoms with E-state index in [0.29, 0.717) is 22.8 Å². The van der Waals surface area contributed by atoms with Gasteiger partial charge in [-0.25, -0.2) is 13.6 Å². The van der Waals surface area contributed by atoms with Crippen molar-refractivity contribution in [3.8, 4) is 6.07 Å². The van der Waals surface area contributed by atoms with E-state index in [1.54, 1.807) is 30.3 Å². The quantitative estimate of drug-likeness (QED) is 0.904. The third-order valence-corrected chi connectivity index (χ3v) is 4.00. The zero-order valence-corrected chi connectivity index (χ0v) is 12.4. The molecule has 0 fully saturated rings. The number of nitriles is 1. The second-order valence-corrected chi connectivity index (χ2v) is 6.34. The lowest BCUT2D eigenvalue weighted by molar-refractivity contribution is 0.598. The highest BCUT2D eigenvalue weighted by Gasteiger charge is 2.07. The van der Waals surface area contributed by atoms with Crippen molar-refractivity contribution in [2.45, 2.75) is 11.4 Å². The number of nitrogens with zero attached hydrogens (tertiary/aromatic N) is 1. The van der Waals surface area contributed by atoms with E-state index in [1.807, 2.05) is 0 Å². The predicted molar refractivity (Wildman–Crippen MR) is 81.3 cm³/mol. The van der Waals surface area contributed by atoms with Crippen LogP contribution < -0.4 is 10.5 Å². The van der Waals surface area contributed by atoms with Crippen molar-refractivity contribution in [1.82, 2.24) is 0 Å². The van der Waals surface area contributed by atoms with Crippen LogP contribution in [0.1, 0.15) is 11.1 Å². The van der Waals surface area contributed by atoms with Crippen LogP contribution in [0.5, 0.6) is 0 Å². The Hall–Kier alpha value is -2.07. The molecular weight excluding hydrogens is 310 g/mol. The Morgan fingerprint density at radius 1 is 1.19 bits per heavy atom. The Morgan fingerprint density at radius 2 is 1.86 bits per heavy atom. The van der Waals surface area contributed by atoms with E-state index < -0.39 is 10.0 Å². The Balaban J connectivity index is 2.14. The molecular formula is C14H12ClN3O2S. The lowest BCUT2D eigenvalue weighted by Gasteiger charge is -2.09. The van der Waals surface area contributed by atoms with Crippen LogP contribution in [0.25, 0.3) is 0 Å². The smallest absolute Gasteiger partial charge is 0.238 e. The normalized spacial score (nSPS) is 10.9. The first-order chi connectivity index (χ1) is 9.90. The van der Waals surface area contributed by atoms with Gasteiger partial charge in [-0.2, -0.15) is 5.26 Å². The molecule has 0 bridgehead atoms. The van der Waals surface area contributed by atoms with Crippen molar-refractivity contribution in [3.63, 3.8) is 0 Å². The maximum absolute atomic E-state index is 11.2. The molecule has 0 saturated carbocycles. The molecule has 0 aromatic heterocycles. The van der Waals surface area contributed by atoms with Gasteiger partial charge in [0.1, 0.15) is 6.07 Å². The molecule has 5 nitrogen and oxygen atoms in total. The number of primary sulfonamides is 1.